The maximum absolute atomic E-state index is 11.1. The minimum Gasteiger partial charge on any atom is -0.481 e. The van der Waals surface area contributed by atoms with Gasteiger partial charge in [-0.2, -0.15) is 0 Å². The van der Waals surface area contributed by atoms with Crippen LogP contribution in [0.4, 0.5) is 0 Å². The molecule has 1 aliphatic rings. The zero-order valence-electron chi connectivity index (χ0n) is 11.5. The summed E-state index contributed by atoms with van der Waals surface area (Å²) < 4.78 is 5.17. The van der Waals surface area contributed by atoms with Crippen LogP contribution in [-0.4, -0.2) is 21.2 Å². The van der Waals surface area contributed by atoms with Gasteiger partial charge >= 0.3 is 5.97 Å². The maximum Gasteiger partial charge on any atom is 0.306 e. The average Bonchev–Trinajstić information content (AvgIpc) is 2.95. The molecule has 0 spiro atoms. The second-order valence-electron chi connectivity index (χ2n) is 5.23. The molecule has 106 valence electrons. The van der Waals surface area contributed by atoms with E-state index in [0.29, 0.717) is 12.8 Å². The molecule has 0 amide bonds. The lowest BCUT2D eigenvalue weighted by atomic mass is 9.91. The average molecular weight is 292 g/mol. The number of aryl methyl sites for hydroxylation is 3. The van der Waals surface area contributed by atoms with Gasteiger partial charge in [0.05, 0.1) is 22.3 Å². The van der Waals surface area contributed by atoms with Crippen LogP contribution in [0.1, 0.15) is 39.0 Å². The molecule has 0 saturated heterocycles. The predicted octanol–water partition coefficient (Wildman–Crippen LogP) is 2.53. The topological polar surface area (TPSA) is 76.2 Å². The lowest BCUT2D eigenvalue weighted by Crippen LogP contribution is -2.21. The molecule has 5 nitrogen and oxygen atoms in total. The Hall–Kier alpha value is -1.69. The Morgan fingerprint density at radius 3 is 2.95 bits per heavy atom. The molecule has 2 aromatic rings. The standard InChI is InChI=1S/C14H16N2O3S/c1-7-10(8(2)19-16-7)6-13-15-11-4-3-9(14(17)18)5-12(11)20-13/h9H,3-6H2,1-2H3,(H,17,18). The molecular formula is C14H16N2O3S. The van der Waals surface area contributed by atoms with Gasteiger partial charge < -0.3 is 9.63 Å². The van der Waals surface area contributed by atoms with Crippen LogP contribution in [-0.2, 0) is 24.1 Å². The van der Waals surface area contributed by atoms with E-state index in [2.05, 4.69) is 10.1 Å². The van der Waals surface area contributed by atoms with Gasteiger partial charge in [0.1, 0.15) is 5.76 Å². The van der Waals surface area contributed by atoms with Crippen molar-refractivity contribution < 1.29 is 14.4 Å². The zero-order valence-corrected chi connectivity index (χ0v) is 12.3. The maximum atomic E-state index is 11.1. The number of hydrogen-bond acceptors (Lipinski definition) is 5. The monoisotopic (exact) mass is 292 g/mol. The van der Waals surface area contributed by atoms with E-state index in [0.717, 1.165) is 45.4 Å². The van der Waals surface area contributed by atoms with Crippen LogP contribution in [0.25, 0.3) is 0 Å². The molecule has 2 heterocycles. The minimum atomic E-state index is -0.698. The highest BCUT2D eigenvalue weighted by Gasteiger charge is 2.27. The summed E-state index contributed by atoms with van der Waals surface area (Å²) in [4.78, 5) is 16.9. The number of thiazole rings is 1. The smallest absolute Gasteiger partial charge is 0.306 e. The summed E-state index contributed by atoms with van der Waals surface area (Å²) in [5.41, 5.74) is 3.07. The van der Waals surface area contributed by atoms with Crippen molar-refractivity contribution >= 4 is 17.3 Å². The number of aromatic nitrogens is 2. The van der Waals surface area contributed by atoms with E-state index in [1.807, 2.05) is 13.8 Å². The summed E-state index contributed by atoms with van der Waals surface area (Å²) in [6, 6.07) is 0. The highest BCUT2D eigenvalue weighted by molar-refractivity contribution is 7.11. The third-order valence-corrected chi connectivity index (χ3v) is 4.96. The fraction of sp³-hybridized carbons (Fsp3) is 0.500. The molecule has 0 aromatic carbocycles. The Morgan fingerprint density at radius 1 is 1.50 bits per heavy atom. The Balaban J connectivity index is 1.82. The summed E-state index contributed by atoms with van der Waals surface area (Å²) in [7, 11) is 0. The van der Waals surface area contributed by atoms with Gasteiger partial charge in [0, 0.05) is 16.9 Å². The normalized spacial score (nSPS) is 18.0. The molecule has 2 aromatic heterocycles. The Morgan fingerprint density at radius 2 is 2.30 bits per heavy atom. The van der Waals surface area contributed by atoms with Gasteiger partial charge in [-0.1, -0.05) is 5.16 Å². The minimum absolute atomic E-state index is 0.255. The number of rotatable bonds is 3. The van der Waals surface area contributed by atoms with Crippen molar-refractivity contribution in [1.82, 2.24) is 10.1 Å². The van der Waals surface area contributed by atoms with E-state index < -0.39 is 5.97 Å². The summed E-state index contributed by atoms with van der Waals surface area (Å²) in [5.74, 6) is -0.120. The molecule has 1 N–H and O–H groups in total. The first-order chi connectivity index (χ1) is 9.54. The fourth-order valence-electron chi connectivity index (χ4n) is 2.62. The van der Waals surface area contributed by atoms with Crippen LogP contribution < -0.4 is 0 Å². The predicted molar refractivity (Wildman–Crippen MR) is 74.0 cm³/mol. The molecule has 0 fully saturated rings. The van der Waals surface area contributed by atoms with Crippen molar-refractivity contribution in [3.05, 3.63) is 32.6 Å². The molecule has 1 aliphatic carbocycles. The van der Waals surface area contributed by atoms with Crippen molar-refractivity contribution in [2.45, 2.75) is 39.5 Å². The van der Waals surface area contributed by atoms with E-state index >= 15 is 0 Å². The van der Waals surface area contributed by atoms with Gasteiger partial charge in [0.25, 0.3) is 0 Å². The van der Waals surface area contributed by atoms with E-state index in [1.54, 1.807) is 11.3 Å². The number of aliphatic carboxylic acids is 1. The van der Waals surface area contributed by atoms with Gasteiger partial charge in [-0.25, -0.2) is 4.98 Å². The second-order valence-corrected chi connectivity index (χ2v) is 6.40. The van der Waals surface area contributed by atoms with Crippen molar-refractivity contribution in [2.24, 2.45) is 5.92 Å². The summed E-state index contributed by atoms with van der Waals surface area (Å²) >= 11 is 1.63. The summed E-state index contributed by atoms with van der Waals surface area (Å²) in [6.07, 6.45) is 2.79. The first-order valence-electron chi connectivity index (χ1n) is 6.66. The van der Waals surface area contributed by atoms with E-state index in [1.165, 1.54) is 0 Å². The van der Waals surface area contributed by atoms with Crippen molar-refractivity contribution in [1.29, 1.82) is 0 Å². The second kappa shape index (κ2) is 5.01. The lowest BCUT2D eigenvalue weighted by Gasteiger charge is -2.16. The number of carboxylic acids is 1. The Bertz CT molecular complexity index is 640. The van der Waals surface area contributed by atoms with Crippen LogP contribution in [0, 0.1) is 19.8 Å². The molecule has 3 rings (SSSR count). The quantitative estimate of drug-likeness (QED) is 0.940. The van der Waals surface area contributed by atoms with Gasteiger partial charge in [-0.3, -0.25) is 4.79 Å². The lowest BCUT2D eigenvalue weighted by molar-refractivity contribution is -0.142. The number of fused-ring (bicyclic) bond motifs is 1. The van der Waals surface area contributed by atoms with E-state index in [-0.39, 0.29) is 5.92 Å². The molecule has 20 heavy (non-hydrogen) atoms. The molecule has 0 aliphatic heterocycles. The third kappa shape index (κ3) is 2.35. The van der Waals surface area contributed by atoms with E-state index in [4.69, 9.17) is 9.63 Å². The molecule has 0 saturated carbocycles. The van der Waals surface area contributed by atoms with Crippen molar-refractivity contribution in [3.8, 4) is 0 Å². The first-order valence-corrected chi connectivity index (χ1v) is 7.48. The van der Waals surface area contributed by atoms with Crippen LogP contribution in [0.5, 0.6) is 0 Å². The van der Waals surface area contributed by atoms with Crippen LogP contribution in [0.2, 0.25) is 0 Å². The third-order valence-electron chi connectivity index (χ3n) is 3.84. The molecule has 1 unspecified atom stereocenters. The molecule has 1 atom stereocenters. The molecule has 6 heteroatoms. The zero-order chi connectivity index (χ0) is 14.3. The largest absolute Gasteiger partial charge is 0.481 e. The van der Waals surface area contributed by atoms with Gasteiger partial charge in [0.2, 0.25) is 0 Å². The number of hydrogen-bond donors (Lipinski definition) is 1. The number of nitrogens with zero attached hydrogens (tertiary/aromatic N) is 2. The first kappa shape index (κ1) is 13.3. The van der Waals surface area contributed by atoms with Gasteiger partial charge in [0.15, 0.2) is 0 Å². The highest BCUT2D eigenvalue weighted by Crippen LogP contribution is 2.31. The molecule has 0 radical (unpaired) electrons. The SMILES string of the molecule is Cc1noc(C)c1Cc1nc2c(s1)CC(C(=O)O)CC2. The van der Waals surface area contributed by atoms with Crippen LogP contribution >= 0.6 is 11.3 Å². The van der Waals surface area contributed by atoms with Crippen LogP contribution in [0.3, 0.4) is 0 Å². The molecule has 0 bridgehead atoms. The number of carbonyl (C=O) groups is 1. The fourth-order valence-corrected chi connectivity index (χ4v) is 3.83. The Labute approximate surface area is 120 Å². The molecular weight excluding hydrogens is 276 g/mol. The van der Waals surface area contributed by atoms with E-state index in [9.17, 15) is 4.79 Å². The van der Waals surface area contributed by atoms with Crippen molar-refractivity contribution in [2.75, 3.05) is 0 Å². The van der Waals surface area contributed by atoms with Gasteiger partial charge in [-0.05, 0) is 33.1 Å². The van der Waals surface area contributed by atoms with Crippen molar-refractivity contribution in [3.63, 3.8) is 0 Å². The highest BCUT2D eigenvalue weighted by atomic mass is 32.1. The van der Waals surface area contributed by atoms with Crippen LogP contribution in [0.15, 0.2) is 4.52 Å². The summed E-state index contributed by atoms with van der Waals surface area (Å²) in [6.45, 7) is 3.84. The Kier molecular flexibility index (Phi) is 3.33. The summed E-state index contributed by atoms with van der Waals surface area (Å²) in [5, 5.41) is 14.1. The van der Waals surface area contributed by atoms with Gasteiger partial charge in [-0.15, -0.1) is 11.3 Å². The number of carboxylic acid groups (broad SMARTS) is 1.